The number of nitrogens with zero attached hydrogens (tertiary/aromatic N) is 2. The van der Waals surface area contributed by atoms with Gasteiger partial charge in [-0.1, -0.05) is 17.3 Å². The van der Waals surface area contributed by atoms with Crippen molar-refractivity contribution in [2.75, 3.05) is 5.73 Å². The van der Waals surface area contributed by atoms with E-state index in [0.717, 1.165) is 22.2 Å². The van der Waals surface area contributed by atoms with Crippen molar-refractivity contribution < 1.29 is 4.52 Å². The van der Waals surface area contributed by atoms with Crippen LogP contribution in [0.4, 0.5) is 5.82 Å². The van der Waals surface area contributed by atoms with Crippen LogP contribution < -0.4 is 5.73 Å². The Kier molecular flexibility index (Phi) is 1.53. The summed E-state index contributed by atoms with van der Waals surface area (Å²) in [6.07, 6.45) is 1.68. The number of fused-ring (bicyclic) bond motifs is 1. The lowest BCUT2D eigenvalue weighted by molar-refractivity contribution is 0.456. The molecular weight excluding hydrogens is 192 g/mol. The van der Waals surface area contributed by atoms with Gasteiger partial charge in [-0.25, -0.2) is 0 Å². The zero-order valence-electron chi connectivity index (χ0n) is 7.77. The molecule has 3 N–H and O–H groups in total. The summed E-state index contributed by atoms with van der Waals surface area (Å²) in [5.74, 6) is 0.471. The van der Waals surface area contributed by atoms with Crippen LogP contribution in [0.2, 0.25) is 0 Å². The quantitative estimate of drug-likeness (QED) is 0.627. The van der Waals surface area contributed by atoms with E-state index in [-0.39, 0.29) is 0 Å². The number of rotatable bonds is 1. The molecule has 3 rings (SSSR count). The monoisotopic (exact) mass is 200 g/mol. The molecule has 0 atom stereocenters. The fourth-order valence-corrected chi connectivity index (χ4v) is 1.60. The van der Waals surface area contributed by atoms with Gasteiger partial charge in [-0.15, -0.1) is 0 Å². The van der Waals surface area contributed by atoms with E-state index >= 15 is 0 Å². The molecule has 0 saturated heterocycles. The van der Waals surface area contributed by atoms with E-state index in [4.69, 9.17) is 10.3 Å². The third-order valence-corrected chi connectivity index (χ3v) is 2.29. The molecule has 3 aromatic rings. The molecule has 2 aromatic heterocycles. The molecule has 0 aliphatic carbocycles. The summed E-state index contributed by atoms with van der Waals surface area (Å²) in [5, 5.41) is 11.4. The number of hydrogen-bond donors (Lipinski definition) is 2. The number of hydrogen-bond acceptors (Lipinski definition) is 4. The van der Waals surface area contributed by atoms with Crippen LogP contribution in [-0.4, -0.2) is 15.4 Å². The van der Waals surface area contributed by atoms with Gasteiger partial charge in [-0.2, -0.15) is 5.10 Å². The Morgan fingerprint density at radius 1 is 1.33 bits per heavy atom. The third-order valence-electron chi connectivity index (χ3n) is 2.29. The van der Waals surface area contributed by atoms with Gasteiger partial charge in [0.05, 0.1) is 17.3 Å². The highest BCUT2D eigenvalue weighted by Crippen LogP contribution is 2.27. The van der Waals surface area contributed by atoms with Crippen molar-refractivity contribution >= 4 is 16.8 Å². The molecule has 0 unspecified atom stereocenters. The fraction of sp³-hybridized carbons (Fsp3) is 0. The summed E-state index contributed by atoms with van der Waals surface area (Å²) < 4.78 is 5.07. The molecule has 15 heavy (non-hydrogen) atoms. The van der Waals surface area contributed by atoms with Crippen LogP contribution in [0.1, 0.15) is 0 Å². The van der Waals surface area contributed by atoms with Crippen LogP contribution in [0.25, 0.3) is 22.2 Å². The summed E-state index contributed by atoms with van der Waals surface area (Å²) in [6, 6.07) is 7.51. The summed E-state index contributed by atoms with van der Waals surface area (Å²) >= 11 is 0. The number of nitrogens with two attached hydrogens (primary N) is 1. The van der Waals surface area contributed by atoms with Crippen molar-refractivity contribution in [3.63, 3.8) is 0 Å². The second-order valence-corrected chi connectivity index (χ2v) is 3.25. The van der Waals surface area contributed by atoms with Gasteiger partial charge in [0, 0.05) is 11.6 Å². The first-order valence-corrected chi connectivity index (χ1v) is 4.49. The molecule has 0 fully saturated rings. The van der Waals surface area contributed by atoms with Crippen LogP contribution >= 0.6 is 0 Å². The maximum atomic E-state index is 5.55. The summed E-state index contributed by atoms with van der Waals surface area (Å²) in [6.45, 7) is 0. The smallest absolute Gasteiger partial charge is 0.167 e. The van der Waals surface area contributed by atoms with Crippen molar-refractivity contribution in [2.45, 2.75) is 0 Å². The van der Waals surface area contributed by atoms with E-state index in [1.807, 2.05) is 18.2 Å². The average molecular weight is 200 g/mol. The number of anilines is 1. The van der Waals surface area contributed by atoms with Gasteiger partial charge in [0.1, 0.15) is 5.82 Å². The lowest BCUT2D eigenvalue weighted by Crippen LogP contribution is -1.81. The predicted octanol–water partition coefficient (Wildman–Crippen LogP) is 1.80. The molecule has 0 radical (unpaired) electrons. The molecule has 2 heterocycles. The van der Waals surface area contributed by atoms with E-state index in [1.165, 1.54) is 0 Å². The lowest BCUT2D eigenvalue weighted by Gasteiger charge is -1.96. The number of aromatic amines is 1. The van der Waals surface area contributed by atoms with Crippen LogP contribution in [0.15, 0.2) is 35.0 Å². The highest BCUT2D eigenvalue weighted by molar-refractivity contribution is 5.92. The highest BCUT2D eigenvalue weighted by Gasteiger charge is 2.08. The topological polar surface area (TPSA) is 80.7 Å². The Morgan fingerprint density at radius 2 is 2.27 bits per heavy atom. The van der Waals surface area contributed by atoms with Crippen molar-refractivity contribution in [2.24, 2.45) is 0 Å². The van der Waals surface area contributed by atoms with Crippen LogP contribution in [0.3, 0.4) is 0 Å². The minimum absolute atomic E-state index is 0.471. The third kappa shape index (κ3) is 1.17. The van der Waals surface area contributed by atoms with Crippen molar-refractivity contribution in [3.8, 4) is 11.3 Å². The molecule has 0 amide bonds. The maximum Gasteiger partial charge on any atom is 0.167 e. The number of nitrogen functional groups attached to an aromatic ring is 1. The largest absolute Gasteiger partial charge is 0.382 e. The fourth-order valence-electron chi connectivity index (χ4n) is 1.60. The van der Waals surface area contributed by atoms with Crippen LogP contribution in [0, 0.1) is 0 Å². The SMILES string of the molecule is Nc1cc(-c2cccc3oncc23)[nH]n1. The molecule has 74 valence electrons. The summed E-state index contributed by atoms with van der Waals surface area (Å²) in [5.41, 5.74) is 8.15. The van der Waals surface area contributed by atoms with Crippen molar-refractivity contribution in [1.82, 2.24) is 15.4 Å². The first-order chi connectivity index (χ1) is 7.34. The average Bonchev–Trinajstić information content (AvgIpc) is 2.84. The number of benzene rings is 1. The molecule has 5 nitrogen and oxygen atoms in total. The normalized spacial score (nSPS) is 10.9. The molecule has 0 aliphatic rings. The van der Waals surface area contributed by atoms with Gasteiger partial charge in [0.25, 0.3) is 0 Å². The number of H-pyrrole nitrogens is 1. The Labute approximate surface area is 84.9 Å². The Morgan fingerprint density at radius 3 is 3.07 bits per heavy atom. The maximum absolute atomic E-state index is 5.55. The van der Waals surface area contributed by atoms with Crippen molar-refractivity contribution in [1.29, 1.82) is 0 Å². The molecule has 0 spiro atoms. The zero-order chi connectivity index (χ0) is 10.3. The van der Waals surface area contributed by atoms with Gasteiger partial charge < -0.3 is 10.3 Å². The van der Waals surface area contributed by atoms with E-state index in [1.54, 1.807) is 12.3 Å². The minimum Gasteiger partial charge on any atom is -0.382 e. The summed E-state index contributed by atoms with van der Waals surface area (Å²) in [4.78, 5) is 0. The molecule has 0 saturated carbocycles. The van der Waals surface area contributed by atoms with E-state index < -0.39 is 0 Å². The van der Waals surface area contributed by atoms with E-state index in [9.17, 15) is 0 Å². The first-order valence-electron chi connectivity index (χ1n) is 4.49. The minimum atomic E-state index is 0.471. The molecule has 1 aromatic carbocycles. The standard InChI is InChI=1S/C10H8N4O/c11-10-4-8(13-14-10)6-2-1-3-9-7(6)5-12-15-9/h1-5H,(H3,11,13,14). The van der Waals surface area contributed by atoms with Crippen LogP contribution in [-0.2, 0) is 0 Å². The lowest BCUT2D eigenvalue weighted by atomic mass is 10.1. The molecule has 5 heteroatoms. The predicted molar refractivity (Wildman–Crippen MR) is 56.0 cm³/mol. The first kappa shape index (κ1) is 8.05. The zero-order valence-corrected chi connectivity index (χ0v) is 7.77. The van der Waals surface area contributed by atoms with Gasteiger partial charge >= 0.3 is 0 Å². The van der Waals surface area contributed by atoms with E-state index in [0.29, 0.717) is 5.82 Å². The Hall–Kier alpha value is -2.30. The van der Waals surface area contributed by atoms with E-state index in [2.05, 4.69) is 15.4 Å². The molecule has 0 aliphatic heterocycles. The highest BCUT2D eigenvalue weighted by atomic mass is 16.5. The second-order valence-electron chi connectivity index (χ2n) is 3.25. The van der Waals surface area contributed by atoms with Gasteiger partial charge in [-0.05, 0) is 6.07 Å². The summed E-state index contributed by atoms with van der Waals surface area (Å²) in [7, 11) is 0. The molecule has 0 bridgehead atoms. The molecular formula is C10H8N4O. The van der Waals surface area contributed by atoms with Gasteiger partial charge in [0.2, 0.25) is 0 Å². The van der Waals surface area contributed by atoms with Crippen molar-refractivity contribution in [3.05, 3.63) is 30.5 Å². The van der Waals surface area contributed by atoms with Crippen LogP contribution in [0.5, 0.6) is 0 Å². The van der Waals surface area contributed by atoms with Gasteiger partial charge in [-0.3, -0.25) is 5.10 Å². The number of aromatic nitrogens is 3. The number of nitrogens with one attached hydrogen (secondary N) is 1. The van der Waals surface area contributed by atoms with Gasteiger partial charge in [0.15, 0.2) is 5.58 Å². The Bertz CT molecular complexity index is 610. The Balaban J connectivity index is 2.30. The second kappa shape index (κ2) is 2.84.